The molecule has 1 aromatic carbocycles. The second-order valence-corrected chi connectivity index (χ2v) is 8.35. The zero-order chi connectivity index (χ0) is 16.7. The molecule has 130 valence electrons. The molecule has 1 saturated heterocycles. The number of likely N-dealkylation sites (tertiary alicyclic amines) is 1. The second-order valence-electron chi connectivity index (χ2n) is 8.35. The van der Waals surface area contributed by atoms with Crippen LogP contribution in [0, 0.1) is 6.92 Å². The highest BCUT2D eigenvalue weighted by molar-refractivity contribution is 6.02. The molecule has 0 radical (unpaired) electrons. The molecule has 4 rings (SSSR count). The summed E-state index contributed by atoms with van der Waals surface area (Å²) < 4.78 is 0. The van der Waals surface area contributed by atoms with Crippen molar-refractivity contribution in [2.75, 3.05) is 18.0 Å². The van der Waals surface area contributed by atoms with Crippen molar-refractivity contribution in [2.45, 2.75) is 76.8 Å². The summed E-state index contributed by atoms with van der Waals surface area (Å²) in [5.74, 6) is 0.304. The van der Waals surface area contributed by atoms with Gasteiger partial charge in [-0.1, -0.05) is 31.4 Å². The van der Waals surface area contributed by atoms with Crippen molar-refractivity contribution >= 4 is 11.6 Å². The Morgan fingerprint density at radius 1 is 1.08 bits per heavy atom. The smallest absolute Gasteiger partial charge is 0.231 e. The molecule has 0 bridgehead atoms. The molecule has 0 atom stereocenters. The Hall–Kier alpha value is -1.35. The van der Waals surface area contributed by atoms with Gasteiger partial charge in [0, 0.05) is 30.4 Å². The number of aryl methyl sites for hydroxylation is 1. The molecule has 1 aliphatic carbocycles. The van der Waals surface area contributed by atoms with Gasteiger partial charge in [0.05, 0.1) is 6.42 Å². The Morgan fingerprint density at radius 2 is 1.79 bits per heavy atom. The van der Waals surface area contributed by atoms with Crippen LogP contribution in [-0.2, 0) is 11.2 Å². The van der Waals surface area contributed by atoms with E-state index in [1.807, 2.05) is 0 Å². The van der Waals surface area contributed by atoms with Crippen LogP contribution in [0.2, 0.25) is 0 Å². The molecule has 1 aromatic rings. The minimum atomic E-state index is 0.304. The SMILES string of the molecule is Cc1ccc2c(c1)N(C1CCN(C3(C)CCCCC3)CC1)C(=O)C2. The van der Waals surface area contributed by atoms with Gasteiger partial charge in [0.2, 0.25) is 5.91 Å². The molecular weight excluding hydrogens is 296 g/mol. The largest absolute Gasteiger partial charge is 0.309 e. The van der Waals surface area contributed by atoms with E-state index in [0.717, 1.165) is 25.9 Å². The fourth-order valence-electron chi connectivity index (χ4n) is 5.12. The number of carbonyl (C=O) groups excluding carboxylic acids is 1. The summed E-state index contributed by atoms with van der Waals surface area (Å²) in [7, 11) is 0. The fraction of sp³-hybridized carbons (Fsp3) is 0.667. The average Bonchev–Trinajstić information content (AvgIpc) is 2.91. The Morgan fingerprint density at radius 3 is 2.50 bits per heavy atom. The van der Waals surface area contributed by atoms with Gasteiger partial charge in [0.15, 0.2) is 0 Å². The third kappa shape index (κ3) is 2.77. The first kappa shape index (κ1) is 16.1. The minimum absolute atomic E-state index is 0.304. The van der Waals surface area contributed by atoms with Crippen LogP contribution >= 0.6 is 0 Å². The molecule has 1 saturated carbocycles. The first-order valence-electron chi connectivity index (χ1n) is 9.73. The molecule has 0 aromatic heterocycles. The van der Waals surface area contributed by atoms with Gasteiger partial charge in [-0.15, -0.1) is 0 Å². The van der Waals surface area contributed by atoms with E-state index in [0.29, 0.717) is 23.9 Å². The Kier molecular flexibility index (Phi) is 4.16. The number of hydrogen-bond acceptors (Lipinski definition) is 2. The van der Waals surface area contributed by atoms with Crippen LogP contribution < -0.4 is 4.90 Å². The minimum Gasteiger partial charge on any atom is -0.309 e. The van der Waals surface area contributed by atoms with Crippen molar-refractivity contribution in [1.82, 2.24) is 4.90 Å². The van der Waals surface area contributed by atoms with E-state index in [2.05, 4.69) is 41.8 Å². The maximum atomic E-state index is 12.6. The number of carbonyl (C=O) groups is 1. The Labute approximate surface area is 146 Å². The second kappa shape index (κ2) is 6.18. The number of hydrogen-bond donors (Lipinski definition) is 0. The van der Waals surface area contributed by atoms with Crippen LogP contribution in [0.4, 0.5) is 5.69 Å². The van der Waals surface area contributed by atoms with Crippen LogP contribution in [0.5, 0.6) is 0 Å². The summed E-state index contributed by atoms with van der Waals surface area (Å²) in [5.41, 5.74) is 4.06. The van der Waals surface area contributed by atoms with E-state index in [9.17, 15) is 4.79 Å². The van der Waals surface area contributed by atoms with Gasteiger partial charge in [0.1, 0.15) is 0 Å². The lowest BCUT2D eigenvalue weighted by Gasteiger charge is -2.48. The van der Waals surface area contributed by atoms with Crippen LogP contribution in [0.3, 0.4) is 0 Å². The molecule has 0 N–H and O–H groups in total. The highest BCUT2D eigenvalue weighted by atomic mass is 16.2. The lowest BCUT2D eigenvalue weighted by Crippen LogP contribution is -2.54. The van der Waals surface area contributed by atoms with Crippen molar-refractivity contribution in [2.24, 2.45) is 0 Å². The molecule has 3 aliphatic rings. The predicted molar refractivity (Wildman–Crippen MR) is 98.5 cm³/mol. The quantitative estimate of drug-likeness (QED) is 0.818. The Balaban J connectivity index is 1.47. The van der Waals surface area contributed by atoms with Gasteiger partial charge in [0.25, 0.3) is 0 Å². The molecule has 2 aliphatic heterocycles. The highest BCUT2D eigenvalue weighted by Gasteiger charge is 2.39. The number of benzene rings is 1. The molecule has 0 unspecified atom stereocenters. The summed E-state index contributed by atoms with van der Waals surface area (Å²) in [6.07, 6.45) is 9.70. The van der Waals surface area contributed by atoms with Gasteiger partial charge in [-0.05, 0) is 56.7 Å². The van der Waals surface area contributed by atoms with E-state index >= 15 is 0 Å². The molecular formula is C21H30N2O. The van der Waals surface area contributed by atoms with Crippen LogP contribution in [0.15, 0.2) is 18.2 Å². The topological polar surface area (TPSA) is 23.6 Å². The number of nitrogens with zero attached hydrogens (tertiary/aromatic N) is 2. The zero-order valence-electron chi connectivity index (χ0n) is 15.2. The first-order chi connectivity index (χ1) is 11.6. The number of piperidine rings is 1. The summed E-state index contributed by atoms with van der Waals surface area (Å²) >= 11 is 0. The van der Waals surface area contributed by atoms with Gasteiger partial charge in [-0.25, -0.2) is 0 Å². The molecule has 1 amide bonds. The molecule has 3 heteroatoms. The van der Waals surface area contributed by atoms with Crippen LogP contribution in [0.1, 0.15) is 63.0 Å². The van der Waals surface area contributed by atoms with Gasteiger partial charge >= 0.3 is 0 Å². The van der Waals surface area contributed by atoms with Crippen LogP contribution in [-0.4, -0.2) is 35.5 Å². The van der Waals surface area contributed by atoms with Gasteiger partial charge < -0.3 is 4.90 Å². The van der Waals surface area contributed by atoms with E-state index in [4.69, 9.17) is 0 Å². The zero-order valence-corrected chi connectivity index (χ0v) is 15.2. The van der Waals surface area contributed by atoms with Crippen molar-refractivity contribution in [1.29, 1.82) is 0 Å². The molecule has 24 heavy (non-hydrogen) atoms. The summed E-state index contributed by atoms with van der Waals surface area (Å²) in [6, 6.07) is 6.86. The fourth-order valence-corrected chi connectivity index (χ4v) is 5.12. The molecule has 0 spiro atoms. The summed E-state index contributed by atoms with van der Waals surface area (Å²) in [6.45, 7) is 6.87. The molecule has 2 heterocycles. The van der Waals surface area contributed by atoms with E-state index in [1.54, 1.807) is 0 Å². The third-order valence-corrected chi connectivity index (χ3v) is 6.63. The number of anilines is 1. The molecule has 2 fully saturated rings. The van der Waals surface area contributed by atoms with E-state index in [1.165, 1.54) is 48.9 Å². The third-order valence-electron chi connectivity index (χ3n) is 6.63. The number of fused-ring (bicyclic) bond motifs is 1. The monoisotopic (exact) mass is 326 g/mol. The lowest BCUT2D eigenvalue weighted by molar-refractivity contribution is -0.118. The summed E-state index contributed by atoms with van der Waals surface area (Å²) in [4.78, 5) is 17.5. The van der Waals surface area contributed by atoms with Crippen molar-refractivity contribution in [3.8, 4) is 0 Å². The standard InChI is InChI=1S/C21H30N2O/c1-16-6-7-17-15-20(24)23(19(17)14-16)18-8-12-22(13-9-18)21(2)10-4-3-5-11-21/h6-7,14,18H,3-5,8-13,15H2,1-2H3. The molecule has 3 nitrogen and oxygen atoms in total. The lowest BCUT2D eigenvalue weighted by atomic mass is 9.80. The predicted octanol–water partition coefficient (Wildman–Crippen LogP) is 4.07. The highest BCUT2D eigenvalue weighted by Crippen LogP contribution is 2.38. The normalized spacial score (nSPS) is 25.1. The summed E-state index contributed by atoms with van der Waals surface area (Å²) in [5, 5.41) is 0. The van der Waals surface area contributed by atoms with Gasteiger partial charge in [-0.2, -0.15) is 0 Å². The van der Waals surface area contributed by atoms with Crippen molar-refractivity contribution in [3.05, 3.63) is 29.3 Å². The van der Waals surface area contributed by atoms with Gasteiger partial charge in [-0.3, -0.25) is 9.69 Å². The average molecular weight is 326 g/mol. The number of rotatable bonds is 2. The van der Waals surface area contributed by atoms with E-state index < -0.39 is 0 Å². The number of amides is 1. The van der Waals surface area contributed by atoms with Crippen LogP contribution in [0.25, 0.3) is 0 Å². The van der Waals surface area contributed by atoms with Crippen molar-refractivity contribution in [3.63, 3.8) is 0 Å². The Bertz CT molecular complexity index is 625. The maximum Gasteiger partial charge on any atom is 0.231 e. The maximum absolute atomic E-state index is 12.6. The first-order valence-corrected chi connectivity index (χ1v) is 9.73. The van der Waals surface area contributed by atoms with E-state index in [-0.39, 0.29) is 0 Å². The van der Waals surface area contributed by atoms with Crippen molar-refractivity contribution < 1.29 is 4.79 Å².